The van der Waals surface area contributed by atoms with Crippen LogP contribution in [0.25, 0.3) is 10.2 Å². The molecular weight excluding hydrogens is 322 g/mol. The highest BCUT2D eigenvalue weighted by molar-refractivity contribution is 7.18. The Balaban J connectivity index is 1.60. The maximum Gasteiger partial charge on any atom is 0.141 e. The first-order chi connectivity index (χ1) is 11.6. The van der Waals surface area contributed by atoms with E-state index in [9.17, 15) is 0 Å². The van der Waals surface area contributed by atoms with Gasteiger partial charge in [0.2, 0.25) is 0 Å². The first-order valence-electron chi connectivity index (χ1n) is 8.18. The molecule has 0 radical (unpaired) electrons. The Bertz CT molecular complexity index is 871. The van der Waals surface area contributed by atoms with Crippen LogP contribution in [0.15, 0.2) is 18.7 Å². The summed E-state index contributed by atoms with van der Waals surface area (Å²) < 4.78 is 7.90. The minimum atomic E-state index is 0.114. The molecule has 1 fully saturated rings. The number of nitrogens with zero attached hydrogens (tertiary/aromatic N) is 5. The third kappa shape index (κ3) is 2.78. The number of hydrogen-bond acceptors (Lipinski definition) is 6. The maximum absolute atomic E-state index is 5.95. The number of thiophene rings is 1. The average Bonchev–Trinajstić information content (AvgIpc) is 3.11. The third-order valence-corrected chi connectivity index (χ3v) is 5.65. The van der Waals surface area contributed by atoms with Crippen LogP contribution in [-0.2, 0) is 11.3 Å². The van der Waals surface area contributed by atoms with Crippen LogP contribution in [0.2, 0.25) is 0 Å². The molecule has 1 aliphatic heterocycles. The van der Waals surface area contributed by atoms with Gasteiger partial charge in [-0.05, 0) is 31.9 Å². The molecule has 0 bridgehead atoms. The second-order valence-electron chi connectivity index (χ2n) is 6.34. The fourth-order valence-corrected chi connectivity index (χ4v) is 4.19. The highest BCUT2D eigenvalue weighted by atomic mass is 32.1. The summed E-state index contributed by atoms with van der Waals surface area (Å²) in [4.78, 5) is 13.7. The summed E-state index contributed by atoms with van der Waals surface area (Å²) in [5.74, 6) is 1.03. The monoisotopic (exact) mass is 343 g/mol. The lowest BCUT2D eigenvalue weighted by Gasteiger charge is -2.34. The van der Waals surface area contributed by atoms with Gasteiger partial charge in [-0.2, -0.15) is 5.10 Å². The number of fused-ring (bicyclic) bond motifs is 1. The van der Waals surface area contributed by atoms with E-state index in [1.54, 1.807) is 17.7 Å². The van der Waals surface area contributed by atoms with E-state index in [2.05, 4.69) is 46.9 Å². The molecule has 0 aromatic carbocycles. The molecule has 0 aliphatic carbocycles. The molecule has 0 spiro atoms. The van der Waals surface area contributed by atoms with Crippen molar-refractivity contribution in [2.75, 3.05) is 24.6 Å². The molecule has 1 saturated heterocycles. The summed E-state index contributed by atoms with van der Waals surface area (Å²) in [5, 5.41) is 5.56. The zero-order valence-electron chi connectivity index (χ0n) is 14.2. The molecule has 7 heteroatoms. The van der Waals surface area contributed by atoms with Crippen LogP contribution >= 0.6 is 11.3 Å². The molecule has 0 N–H and O–H groups in total. The summed E-state index contributed by atoms with van der Waals surface area (Å²) in [6, 6.07) is 0. The van der Waals surface area contributed by atoms with Gasteiger partial charge in [0.1, 0.15) is 17.0 Å². The normalized spacial score (nSPS) is 18.5. The van der Waals surface area contributed by atoms with Crippen molar-refractivity contribution in [1.29, 1.82) is 0 Å². The number of morpholine rings is 1. The van der Waals surface area contributed by atoms with E-state index in [-0.39, 0.29) is 6.10 Å². The van der Waals surface area contributed by atoms with Crippen molar-refractivity contribution >= 4 is 27.4 Å². The Labute approximate surface area is 145 Å². The lowest BCUT2D eigenvalue weighted by molar-refractivity contribution is 0.0272. The standard InChI is InChI=1S/C17H21N5OS/c1-11-6-20-22(7-11)9-14-8-21(4-5-23-14)16-15-12(2)13(3)24-17(15)19-10-18-16/h6-7,10,14H,4-5,8-9H2,1-3H3. The Morgan fingerprint density at radius 2 is 2.17 bits per heavy atom. The van der Waals surface area contributed by atoms with Gasteiger partial charge in [0.25, 0.3) is 0 Å². The topological polar surface area (TPSA) is 56.1 Å². The Morgan fingerprint density at radius 3 is 2.96 bits per heavy atom. The molecule has 24 heavy (non-hydrogen) atoms. The van der Waals surface area contributed by atoms with Gasteiger partial charge < -0.3 is 9.64 Å². The Kier molecular flexibility index (Phi) is 3.97. The molecular formula is C17H21N5OS. The van der Waals surface area contributed by atoms with E-state index in [0.717, 1.165) is 30.3 Å². The zero-order valence-corrected chi connectivity index (χ0v) is 15.0. The van der Waals surface area contributed by atoms with E-state index in [1.807, 2.05) is 10.9 Å². The number of aryl methyl sites for hydroxylation is 3. The highest BCUT2D eigenvalue weighted by Gasteiger charge is 2.25. The van der Waals surface area contributed by atoms with Crippen LogP contribution in [0.3, 0.4) is 0 Å². The van der Waals surface area contributed by atoms with E-state index in [4.69, 9.17) is 4.74 Å². The summed E-state index contributed by atoms with van der Waals surface area (Å²) in [7, 11) is 0. The van der Waals surface area contributed by atoms with Crippen LogP contribution in [-0.4, -0.2) is 45.5 Å². The highest BCUT2D eigenvalue weighted by Crippen LogP contribution is 2.34. The number of hydrogen-bond donors (Lipinski definition) is 0. The summed E-state index contributed by atoms with van der Waals surface area (Å²) >= 11 is 1.74. The van der Waals surface area contributed by atoms with Crippen molar-refractivity contribution in [2.45, 2.75) is 33.4 Å². The lowest BCUT2D eigenvalue weighted by atomic mass is 10.2. The third-order valence-electron chi connectivity index (χ3n) is 4.54. The lowest BCUT2D eigenvalue weighted by Crippen LogP contribution is -2.44. The van der Waals surface area contributed by atoms with Crippen LogP contribution in [0.4, 0.5) is 5.82 Å². The van der Waals surface area contributed by atoms with Crippen LogP contribution in [0.5, 0.6) is 0 Å². The Hall–Kier alpha value is -1.99. The first-order valence-corrected chi connectivity index (χ1v) is 9.00. The predicted octanol–water partition coefficient (Wildman–Crippen LogP) is 2.72. The van der Waals surface area contributed by atoms with E-state index >= 15 is 0 Å². The molecule has 4 heterocycles. The van der Waals surface area contributed by atoms with Crippen molar-refractivity contribution in [1.82, 2.24) is 19.7 Å². The summed E-state index contributed by atoms with van der Waals surface area (Å²) in [6.45, 7) is 9.50. The molecule has 0 amide bonds. The molecule has 126 valence electrons. The van der Waals surface area contributed by atoms with Crippen LogP contribution in [0.1, 0.15) is 16.0 Å². The van der Waals surface area contributed by atoms with Crippen LogP contribution < -0.4 is 4.90 Å². The van der Waals surface area contributed by atoms with Gasteiger partial charge in [-0.3, -0.25) is 4.68 Å². The molecule has 3 aromatic heterocycles. The second kappa shape index (κ2) is 6.14. The number of ether oxygens (including phenoxy) is 1. The molecule has 1 atom stereocenters. The zero-order chi connectivity index (χ0) is 16.7. The van der Waals surface area contributed by atoms with Crippen molar-refractivity contribution < 1.29 is 4.74 Å². The molecule has 0 saturated carbocycles. The summed E-state index contributed by atoms with van der Waals surface area (Å²) in [5.41, 5.74) is 2.46. The van der Waals surface area contributed by atoms with Crippen molar-refractivity contribution in [3.63, 3.8) is 0 Å². The minimum Gasteiger partial charge on any atom is -0.373 e. The molecule has 6 nitrogen and oxygen atoms in total. The molecule has 4 rings (SSSR count). The van der Waals surface area contributed by atoms with E-state index in [1.165, 1.54) is 21.4 Å². The van der Waals surface area contributed by atoms with Gasteiger partial charge in [-0.25, -0.2) is 9.97 Å². The second-order valence-corrected chi connectivity index (χ2v) is 7.54. The number of aromatic nitrogens is 4. The maximum atomic E-state index is 5.95. The molecule has 1 aliphatic rings. The van der Waals surface area contributed by atoms with Crippen molar-refractivity contribution in [3.8, 4) is 0 Å². The predicted molar refractivity (Wildman–Crippen MR) is 95.8 cm³/mol. The van der Waals surface area contributed by atoms with Gasteiger partial charge in [-0.15, -0.1) is 11.3 Å². The largest absolute Gasteiger partial charge is 0.373 e. The van der Waals surface area contributed by atoms with E-state index < -0.39 is 0 Å². The SMILES string of the molecule is Cc1cnn(CC2CN(c3ncnc4sc(C)c(C)c34)CCO2)c1. The van der Waals surface area contributed by atoms with Crippen LogP contribution in [0, 0.1) is 20.8 Å². The van der Waals surface area contributed by atoms with Gasteiger partial charge in [0.15, 0.2) is 0 Å². The minimum absolute atomic E-state index is 0.114. The van der Waals surface area contributed by atoms with Gasteiger partial charge in [0.05, 0.1) is 30.8 Å². The quantitative estimate of drug-likeness (QED) is 0.732. The molecule has 3 aromatic rings. The smallest absolute Gasteiger partial charge is 0.141 e. The number of rotatable bonds is 3. The average molecular weight is 343 g/mol. The summed E-state index contributed by atoms with van der Waals surface area (Å²) in [6.07, 6.45) is 5.72. The number of anilines is 1. The van der Waals surface area contributed by atoms with Crippen molar-refractivity contribution in [3.05, 3.63) is 34.7 Å². The van der Waals surface area contributed by atoms with Gasteiger partial charge in [0, 0.05) is 24.2 Å². The van der Waals surface area contributed by atoms with Gasteiger partial charge in [-0.1, -0.05) is 0 Å². The Morgan fingerprint density at radius 1 is 1.29 bits per heavy atom. The fourth-order valence-electron chi connectivity index (χ4n) is 3.20. The van der Waals surface area contributed by atoms with E-state index in [0.29, 0.717) is 6.61 Å². The first kappa shape index (κ1) is 15.5. The van der Waals surface area contributed by atoms with Crippen molar-refractivity contribution in [2.24, 2.45) is 0 Å². The fraction of sp³-hybridized carbons (Fsp3) is 0.471. The molecule has 1 unspecified atom stereocenters. The van der Waals surface area contributed by atoms with Gasteiger partial charge >= 0.3 is 0 Å².